The van der Waals surface area contributed by atoms with Crippen molar-refractivity contribution in [3.63, 3.8) is 0 Å². The molecule has 0 fully saturated rings. The van der Waals surface area contributed by atoms with Crippen LogP contribution < -0.4 is 5.32 Å². The molecule has 100 valence electrons. The zero-order valence-electron chi connectivity index (χ0n) is 10.8. The van der Waals surface area contributed by atoms with E-state index in [1.54, 1.807) is 4.68 Å². The molecule has 1 aromatic heterocycles. The summed E-state index contributed by atoms with van der Waals surface area (Å²) in [6, 6.07) is 3.95. The first-order chi connectivity index (χ1) is 8.90. The Bertz CT molecular complexity index is 652. The number of rotatable bonds is 2. The first-order valence-electron chi connectivity index (χ1n) is 5.66. The van der Waals surface area contributed by atoms with Gasteiger partial charge in [-0.15, -0.1) is 0 Å². The summed E-state index contributed by atoms with van der Waals surface area (Å²) in [7, 11) is 1.81. The minimum absolute atomic E-state index is 0.300. The Kier molecular flexibility index (Phi) is 3.71. The quantitative estimate of drug-likeness (QED) is 0.921. The second-order valence-corrected chi connectivity index (χ2v) is 5.10. The van der Waals surface area contributed by atoms with E-state index in [9.17, 15) is 9.18 Å². The third-order valence-corrected chi connectivity index (χ3v) is 3.58. The van der Waals surface area contributed by atoms with Gasteiger partial charge in [0.2, 0.25) is 0 Å². The van der Waals surface area contributed by atoms with E-state index in [0.717, 1.165) is 11.4 Å². The lowest BCUT2D eigenvalue weighted by Crippen LogP contribution is -2.14. The van der Waals surface area contributed by atoms with Gasteiger partial charge in [-0.25, -0.2) is 4.39 Å². The van der Waals surface area contributed by atoms with Crippen LogP contribution in [0.1, 0.15) is 21.7 Å². The molecule has 2 rings (SSSR count). The van der Waals surface area contributed by atoms with E-state index in [0.29, 0.717) is 15.7 Å². The average Bonchev–Trinajstić information content (AvgIpc) is 2.56. The van der Waals surface area contributed by atoms with Crippen LogP contribution in [0, 0.1) is 19.7 Å². The highest BCUT2D eigenvalue weighted by Gasteiger charge is 2.15. The molecule has 0 unspecified atom stereocenters. The zero-order valence-corrected chi connectivity index (χ0v) is 12.4. The Morgan fingerprint density at radius 2 is 2.11 bits per heavy atom. The second-order valence-electron chi connectivity index (χ2n) is 4.25. The maximum atomic E-state index is 13.0. The van der Waals surface area contributed by atoms with E-state index >= 15 is 0 Å². The number of carbonyl (C=O) groups excluding carboxylic acids is 1. The van der Waals surface area contributed by atoms with Gasteiger partial charge in [0.25, 0.3) is 5.91 Å². The number of aromatic nitrogens is 2. The standard InChI is InChI=1S/C13H13BrFN3O/c1-7-12(8(2)18(3)17-7)16-13(19)10-5-4-9(15)6-11(10)14/h4-6H,1-3H3,(H,16,19). The van der Waals surface area contributed by atoms with Gasteiger partial charge in [0.15, 0.2) is 0 Å². The van der Waals surface area contributed by atoms with Crippen molar-refractivity contribution in [1.82, 2.24) is 9.78 Å². The molecule has 0 bridgehead atoms. The van der Waals surface area contributed by atoms with Gasteiger partial charge in [-0.3, -0.25) is 9.48 Å². The summed E-state index contributed by atoms with van der Waals surface area (Å²) in [6.07, 6.45) is 0. The summed E-state index contributed by atoms with van der Waals surface area (Å²) < 4.78 is 15.1. The second kappa shape index (κ2) is 5.13. The third-order valence-electron chi connectivity index (χ3n) is 2.92. The Labute approximate surface area is 118 Å². The number of amides is 1. The Morgan fingerprint density at radius 3 is 2.63 bits per heavy atom. The maximum absolute atomic E-state index is 13.0. The predicted molar refractivity (Wildman–Crippen MR) is 74.7 cm³/mol. The van der Waals surface area contributed by atoms with E-state index in [1.165, 1.54) is 18.2 Å². The van der Waals surface area contributed by atoms with Crippen LogP contribution in [-0.4, -0.2) is 15.7 Å². The van der Waals surface area contributed by atoms with Gasteiger partial charge in [0, 0.05) is 11.5 Å². The average molecular weight is 326 g/mol. The van der Waals surface area contributed by atoms with Crippen LogP contribution in [0.3, 0.4) is 0 Å². The van der Waals surface area contributed by atoms with Crippen molar-refractivity contribution in [1.29, 1.82) is 0 Å². The molecule has 1 heterocycles. The van der Waals surface area contributed by atoms with E-state index < -0.39 is 5.82 Å². The van der Waals surface area contributed by atoms with Crippen molar-refractivity contribution in [3.8, 4) is 0 Å². The van der Waals surface area contributed by atoms with Crippen molar-refractivity contribution in [2.24, 2.45) is 7.05 Å². The first-order valence-corrected chi connectivity index (χ1v) is 6.46. The fraction of sp³-hybridized carbons (Fsp3) is 0.231. The largest absolute Gasteiger partial charge is 0.319 e. The zero-order chi connectivity index (χ0) is 14.2. The highest BCUT2D eigenvalue weighted by atomic mass is 79.9. The van der Waals surface area contributed by atoms with Crippen molar-refractivity contribution >= 4 is 27.5 Å². The Hall–Kier alpha value is -1.69. The smallest absolute Gasteiger partial charge is 0.256 e. The molecule has 1 N–H and O–H groups in total. The van der Waals surface area contributed by atoms with Crippen LogP contribution in [0.5, 0.6) is 0 Å². The Balaban J connectivity index is 2.31. The van der Waals surface area contributed by atoms with Crippen molar-refractivity contribution in [2.75, 3.05) is 5.32 Å². The normalized spacial score (nSPS) is 10.6. The van der Waals surface area contributed by atoms with Gasteiger partial charge in [-0.05, 0) is 48.0 Å². The molecule has 0 aliphatic carbocycles. The maximum Gasteiger partial charge on any atom is 0.256 e. The molecular weight excluding hydrogens is 313 g/mol. The van der Waals surface area contributed by atoms with Gasteiger partial charge >= 0.3 is 0 Å². The van der Waals surface area contributed by atoms with E-state index in [1.807, 2.05) is 20.9 Å². The third kappa shape index (κ3) is 2.68. The molecule has 0 radical (unpaired) electrons. The lowest BCUT2D eigenvalue weighted by atomic mass is 10.2. The number of benzene rings is 1. The SMILES string of the molecule is Cc1nn(C)c(C)c1NC(=O)c1ccc(F)cc1Br. The lowest BCUT2D eigenvalue weighted by Gasteiger charge is -2.07. The highest BCUT2D eigenvalue weighted by Crippen LogP contribution is 2.22. The monoisotopic (exact) mass is 325 g/mol. The number of nitrogens with zero attached hydrogens (tertiary/aromatic N) is 2. The molecule has 6 heteroatoms. The van der Waals surface area contributed by atoms with Gasteiger partial charge in [-0.1, -0.05) is 0 Å². The fourth-order valence-electron chi connectivity index (χ4n) is 1.81. The molecule has 0 saturated heterocycles. The molecule has 0 aliphatic heterocycles. The number of aryl methyl sites for hydroxylation is 2. The minimum atomic E-state index is -0.392. The first kappa shape index (κ1) is 13.7. The van der Waals surface area contributed by atoms with Crippen molar-refractivity contribution in [3.05, 3.63) is 45.4 Å². The van der Waals surface area contributed by atoms with Crippen LogP contribution >= 0.6 is 15.9 Å². The van der Waals surface area contributed by atoms with Crippen LogP contribution in [0.2, 0.25) is 0 Å². The van der Waals surface area contributed by atoms with Gasteiger partial charge in [-0.2, -0.15) is 5.10 Å². The summed E-state index contributed by atoms with van der Waals surface area (Å²) in [5.74, 6) is -0.691. The van der Waals surface area contributed by atoms with E-state index in [-0.39, 0.29) is 5.91 Å². The summed E-state index contributed by atoms with van der Waals surface area (Å²) in [6.45, 7) is 3.69. The summed E-state index contributed by atoms with van der Waals surface area (Å²) in [5, 5.41) is 7.03. The molecule has 1 aromatic carbocycles. The molecule has 0 saturated carbocycles. The number of carbonyl (C=O) groups is 1. The fourth-order valence-corrected chi connectivity index (χ4v) is 2.34. The summed E-state index contributed by atoms with van der Waals surface area (Å²) >= 11 is 3.18. The molecule has 0 atom stereocenters. The van der Waals surface area contributed by atoms with Crippen LogP contribution in [0.25, 0.3) is 0 Å². The number of hydrogen-bond acceptors (Lipinski definition) is 2. The van der Waals surface area contributed by atoms with Crippen LogP contribution in [0.15, 0.2) is 22.7 Å². The van der Waals surface area contributed by atoms with Crippen LogP contribution in [-0.2, 0) is 7.05 Å². The Morgan fingerprint density at radius 1 is 1.42 bits per heavy atom. The predicted octanol–water partition coefficient (Wildman–Crippen LogP) is 3.19. The van der Waals surface area contributed by atoms with E-state index in [4.69, 9.17) is 0 Å². The highest BCUT2D eigenvalue weighted by molar-refractivity contribution is 9.10. The van der Waals surface area contributed by atoms with Gasteiger partial charge < -0.3 is 5.32 Å². The minimum Gasteiger partial charge on any atom is -0.319 e. The summed E-state index contributed by atoms with van der Waals surface area (Å²) in [4.78, 5) is 12.2. The summed E-state index contributed by atoms with van der Waals surface area (Å²) in [5.41, 5.74) is 2.67. The molecule has 19 heavy (non-hydrogen) atoms. The van der Waals surface area contributed by atoms with Crippen LogP contribution in [0.4, 0.5) is 10.1 Å². The van der Waals surface area contributed by atoms with E-state index in [2.05, 4.69) is 26.3 Å². The lowest BCUT2D eigenvalue weighted by molar-refractivity contribution is 0.102. The van der Waals surface area contributed by atoms with Gasteiger partial charge in [0.1, 0.15) is 5.82 Å². The molecular formula is C13H13BrFN3O. The number of hydrogen-bond donors (Lipinski definition) is 1. The topological polar surface area (TPSA) is 46.9 Å². The van der Waals surface area contributed by atoms with Gasteiger partial charge in [0.05, 0.1) is 22.6 Å². The molecule has 0 spiro atoms. The number of anilines is 1. The molecule has 4 nitrogen and oxygen atoms in total. The molecule has 2 aromatic rings. The number of nitrogens with one attached hydrogen (secondary N) is 1. The molecule has 0 aliphatic rings. The van der Waals surface area contributed by atoms with Crippen molar-refractivity contribution < 1.29 is 9.18 Å². The van der Waals surface area contributed by atoms with Crippen molar-refractivity contribution in [2.45, 2.75) is 13.8 Å². The molecule has 1 amide bonds. The number of halogens is 2.